The number of nitrogens with one attached hydrogen (secondary N) is 1. The lowest BCUT2D eigenvalue weighted by Gasteiger charge is -2.19. The fourth-order valence-electron chi connectivity index (χ4n) is 1.53. The molecule has 0 saturated heterocycles. The van der Waals surface area contributed by atoms with Crippen LogP contribution >= 0.6 is 0 Å². The third-order valence-electron chi connectivity index (χ3n) is 2.38. The summed E-state index contributed by atoms with van der Waals surface area (Å²) in [4.78, 5) is 10.6. The van der Waals surface area contributed by atoms with Crippen molar-refractivity contribution in [2.45, 2.75) is 20.3 Å². The fourth-order valence-corrected chi connectivity index (χ4v) is 1.53. The first-order valence-corrected chi connectivity index (χ1v) is 5.81. The molecule has 1 aromatic heterocycles. The van der Waals surface area contributed by atoms with E-state index < -0.39 is 0 Å². The molecule has 0 aliphatic rings. The summed E-state index contributed by atoms with van der Waals surface area (Å²) in [7, 11) is 0. The average molecular weight is 223 g/mol. The lowest BCUT2D eigenvalue weighted by molar-refractivity contribution is 0.300. The summed E-state index contributed by atoms with van der Waals surface area (Å²) >= 11 is 0. The highest BCUT2D eigenvalue weighted by atomic mass is 15.2. The van der Waals surface area contributed by atoms with E-state index in [1.165, 1.54) is 6.42 Å². The van der Waals surface area contributed by atoms with Crippen molar-refractivity contribution in [1.82, 2.24) is 14.9 Å². The number of hydrogen-bond donors (Lipinski definition) is 2. The highest BCUT2D eigenvalue weighted by molar-refractivity contribution is 5.34. The highest BCUT2D eigenvalue weighted by Gasteiger charge is 2.01. The van der Waals surface area contributed by atoms with Crippen LogP contribution in [0.5, 0.6) is 0 Å². The molecule has 0 aromatic carbocycles. The maximum absolute atomic E-state index is 5.56. The normalized spacial score (nSPS) is 10.7. The zero-order valence-corrected chi connectivity index (χ0v) is 10.1. The van der Waals surface area contributed by atoms with Gasteiger partial charge < -0.3 is 16.0 Å². The Morgan fingerprint density at radius 3 is 2.81 bits per heavy atom. The van der Waals surface area contributed by atoms with Gasteiger partial charge in [0.15, 0.2) is 0 Å². The summed E-state index contributed by atoms with van der Waals surface area (Å²) in [5.41, 5.74) is 5.56. The molecule has 5 heteroatoms. The van der Waals surface area contributed by atoms with Crippen LogP contribution in [0.2, 0.25) is 0 Å². The molecule has 90 valence electrons. The van der Waals surface area contributed by atoms with Crippen molar-refractivity contribution in [3.8, 4) is 0 Å². The SMILES string of the molecule is CCCN(CC)CCNc1nccc(N)n1. The van der Waals surface area contributed by atoms with Crippen LogP contribution in [0.1, 0.15) is 20.3 Å². The Balaban J connectivity index is 2.29. The van der Waals surface area contributed by atoms with E-state index in [4.69, 9.17) is 5.73 Å². The zero-order valence-electron chi connectivity index (χ0n) is 10.1. The van der Waals surface area contributed by atoms with E-state index in [0.29, 0.717) is 11.8 Å². The molecule has 0 aliphatic carbocycles. The molecule has 16 heavy (non-hydrogen) atoms. The molecule has 0 atom stereocenters. The maximum atomic E-state index is 5.56. The van der Waals surface area contributed by atoms with Gasteiger partial charge in [0.05, 0.1) is 0 Å². The Hall–Kier alpha value is -1.36. The van der Waals surface area contributed by atoms with Crippen molar-refractivity contribution < 1.29 is 0 Å². The van der Waals surface area contributed by atoms with Gasteiger partial charge in [-0.3, -0.25) is 0 Å². The molecule has 5 nitrogen and oxygen atoms in total. The summed E-state index contributed by atoms with van der Waals surface area (Å²) in [5, 5.41) is 3.16. The standard InChI is InChI=1S/C11H21N5/c1-3-8-16(4-2)9-7-14-11-13-6-5-10(12)15-11/h5-6H,3-4,7-9H2,1-2H3,(H3,12,13,14,15). The van der Waals surface area contributed by atoms with Gasteiger partial charge in [-0.05, 0) is 25.6 Å². The monoisotopic (exact) mass is 223 g/mol. The van der Waals surface area contributed by atoms with Gasteiger partial charge in [-0.25, -0.2) is 4.98 Å². The predicted molar refractivity (Wildman–Crippen MR) is 67.3 cm³/mol. The molecule has 0 aliphatic heterocycles. The van der Waals surface area contributed by atoms with Gasteiger partial charge in [0.1, 0.15) is 5.82 Å². The van der Waals surface area contributed by atoms with Crippen LogP contribution in [-0.4, -0.2) is 41.0 Å². The second-order valence-corrected chi connectivity index (χ2v) is 3.67. The number of hydrogen-bond acceptors (Lipinski definition) is 5. The summed E-state index contributed by atoms with van der Waals surface area (Å²) in [6.07, 6.45) is 2.84. The molecule has 0 amide bonds. The van der Waals surface area contributed by atoms with Gasteiger partial charge in [0, 0.05) is 19.3 Å². The van der Waals surface area contributed by atoms with Crippen molar-refractivity contribution in [3.63, 3.8) is 0 Å². The van der Waals surface area contributed by atoms with E-state index in [0.717, 1.165) is 26.2 Å². The first kappa shape index (κ1) is 12.7. The average Bonchev–Trinajstić information content (AvgIpc) is 2.28. The van der Waals surface area contributed by atoms with E-state index in [1.54, 1.807) is 12.3 Å². The van der Waals surface area contributed by atoms with E-state index in [1.807, 2.05) is 0 Å². The van der Waals surface area contributed by atoms with E-state index in [9.17, 15) is 0 Å². The number of aromatic nitrogens is 2. The Morgan fingerprint density at radius 2 is 2.19 bits per heavy atom. The number of rotatable bonds is 7. The third kappa shape index (κ3) is 4.44. The van der Waals surface area contributed by atoms with Crippen molar-refractivity contribution in [2.24, 2.45) is 0 Å². The Kier molecular flexibility index (Phi) is 5.56. The molecule has 0 radical (unpaired) electrons. The molecule has 3 N–H and O–H groups in total. The molecule has 1 rings (SSSR count). The molecule has 1 heterocycles. The van der Waals surface area contributed by atoms with Crippen LogP contribution in [0.4, 0.5) is 11.8 Å². The minimum atomic E-state index is 0.499. The first-order chi connectivity index (χ1) is 7.76. The van der Waals surface area contributed by atoms with Crippen molar-refractivity contribution >= 4 is 11.8 Å². The van der Waals surface area contributed by atoms with Crippen molar-refractivity contribution in [3.05, 3.63) is 12.3 Å². The van der Waals surface area contributed by atoms with E-state index in [2.05, 4.69) is 34.0 Å². The molecular weight excluding hydrogens is 202 g/mol. The van der Waals surface area contributed by atoms with Gasteiger partial charge in [-0.2, -0.15) is 4.98 Å². The lowest BCUT2D eigenvalue weighted by atomic mass is 10.4. The molecule has 0 spiro atoms. The van der Waals surface area contributed by atoms with Gasteiger partial charge in [0.25, 0.3) is 0 Å². The van der Waals surface area contributed by atoms with Gasteiger partial charge in [-0.15, -0.1) is 0 Å². The summed E-state index contributed by atoms with van der Waals surface area (Å²) in [6.45, 7) is 8.42. The largest absolute Gasteiger partial charge is 0.384 e. The predicted octanol–water partition coefficient (Wildman–Crippen LogP) is 1.20. The first-order valence-electron chi connectivity index (χ1n) is 5.81. The minimum absolute atomic E-state index is 0.499. The summed E-state index contributed by atoms with van der Waals surface area (Å²) in [6, 6.07) is 1.68. The van der Waals surface area contributed by atoms with E-state index in [-0.39, 0.29) is 0 Å². The Morgan fingerprint density at radius 1 is 1.38 bits per heavy atom. The van der Waals surface area contributed by atoms with Crippen LogP contribution in [0, 0.1) is 0 Å². The summed E-state index contributed by atoms with van der Waals surface area (Å²) in [5.74, 6) is 1.10. The molecule has 1 aromatic rings. The quantitative estimate of drug-likeness (QED) is 0.727. The molecule has 0 fully saturated rings. The van der Waals surface area contributed by atoms with Gasteiger partial charge in [0.2, 0.25) is 5.95 Å². The smallest absolute Gasteiger partial charge is 0.224 e. The van der Waals surface area contributed by atoms with Crippen LogP contribution in [0.15, 0.2) is 12.3 Å². The van der Waals surface area contributed by atoms with Crippen molar-refractivity contribution in [1.29, 1.82) is 0 Å². The maximum Gasteiger partial charge on any atom is 0.224 e. The topological polar surface area (TPSA) is 67.1 Å². The second-order valence-electron chi connectivity index (χ2n) is 3.67. The fraction of sp³-hybridized carbons (Fsp3) is 0.636. The molecule has 0 bridgehead atoms. The van der Waals surface area contributed by atoms with Gasteiger partial charge in [-0.1, -0.05) is 13.8 Å². The van der Waals surface area contributed by atoms with Crippen LogP contribution in [0.25, 0.3) is 0 Å². The Bertz CT molecular complexity index is 302. The number of nitrogens with zero attached hydrogens (tertiary/aromatic N) is 3. The van der Waals surface area contributed by atoms with Crippen molar-refractivity contribution in [2.75, 3.05) is 37.2 Å². The van der Waals surface area contributed by atoms with Crippen LogP contribution in [-0.2, 0) is 0 Å². The lowest BCUT2D eigenvalue weighted by Crippen LogP contribution is -2.29. The van der Waals surface area contributed by atoms with Gasteiger partial charge >= 0.3 is 0 Å². The Labute approximate surface area is 97.1 Å². The number of likely N-dealkylation sites (N-methyl/N-ethyl adjacent to an activating group) is 1. The number of nitrogens with two attached hydrogens (primary N) is 1. The number of anilines is 2. The molecule has 0 unspecified atom stereocenters. The summed E-state index contributed by atoms with van der Waals surface area (Å²) < 4.78 is 0. The van der Waals surface area contributed by atoms with E-state index >= 15 is 0 Å². The highest BCUT2D eigenvalue weighted by Crippen LogP contribution is 2.00. The minimum Gasteiger partial charge on any atom is -0.384 e. The van der Waals surface area contributed by atoms with Crippen LogP contribution in [0.3, 0.4) is 0 Å². The second kappa shape index (κ2) is 7.00. The van der Waals surface area contributed by atoms with Crippen LogP contribution < -0.4 is 11.1 Å². The third-order valence-corrected chi connectivity index (χ3v) is 2.38. The molecular formula is C11H21N5. The number of nitrogen functional groups attached to an aromatic ring is 1. The zero-order chi connectivity index (χ0) is 11.8. The molecule has 0 saturated carbocycles.